The summed E-state index contributed by atoms with van der Waals surface area (Å²) in [6.07, 6.45) is 0.454. The Morgan fingerprint density at radius 3 is 2.77 bits per heavy atom. The Labute approximate surface area is 85.8 Å². The van der Waals surface area contributed by atoms with Crippen LogP contribution in [0.1, 0.15) is 18.3 Å². The third kappa shape index (κ3) is 2.09. The van der Waals surface area contributed by atoms with Gasteiger partial charge in [-0.2, -0.15) is 5.10 Å². The van der Waals surface area contributed by atoms with Gasteiger partial charge in [0.05, 0.1) is 21.7 Å². The number of rotatable bonds is 3. The molecule has 0 unspecified atom stereocenters. The second kappa shape index (κ2) is 3.91. The van der Waals surface area contributed by atoms with Gasteiger partial charge in [0.1, 0.15) is 0 Å². The van der Waals surface area contributed by atoms with E-state index < -0.39 is 0 Å². The van der Waals surface area contributed by atoms with E-state index in [1.807, 2.05) is 18.5 Å². The summed E-state index contributed by atoms with van der Waals surface area (Å²) in [4.78, 5) is 0. The maximum absolute atomic E-state index is 7.23. The van der Waals surface area contributed by atoms with Crippen LogP contribution in [0.25, 0.3) is 0 Å². The Hall–Kier alpha value is -0.840. The highest BCUT2D eigenvalue weighted by atomic mass is 79.9. The minimum Gasteiger partial charge on any atom is -0.387 e. The van der Waals surface area contributed by atoms with E-state index in [-0.39, 0.29) is 5.84 Å². The monoisotopic (exact) mass is 244 g/mol. The molecule has 0 atom stereocenters. The fraction of sp³-hybridized carbons (Fsp3) is 0.500. The van der Waals surface area contributed by atoms with Gasteiger partial charge in [0.15, 0.2) is 0 Å². The van der Waals surface area contributed by atoms with Crippen molar-refractivity contribution in [2.45, 2.75) is 26.8 Å². The van der Waals surface area contributed by atoms with Gasteiger partial charge in [0.25, 0.3) is 0 Å². The standard InChI is InChI=1S/C8H13BrN4/c1-3-13-6(4-7(10)11)8(9)5(2)12-13/h3-4H2,1-2H3,(H3,10,11). The van der Waals surface area contributed by atoms with Crippen LogP contribution in [0.3, 0.4) is 0 Å². The van der Waals surface area contributed by atoms with E-state index in [1.165, 1.54) is 0 Å². The molecule has 5 heteroatoms. The van der Waals surface area contributed by atoms with Gasteiger partial charge in [-0.3, -0.25) is 10.1 Å². The van der Waals surface area contributed by atoms with Gasteiger partial charge in [-0.15, -0.1) is 0 Å². The molecule has 72 valence electrons. The maximum atomic E-state index is 7.23. The van der Waals surface area contributed by atoms with Gasteiger partial charge < -0.3 is 5.73 Å². The molecular weight excluding hydrogens is 232 g/mol. The molecule has 0 aliphatic carbocycles. The Balaban J connectivity index is 3.08. The van der Waals surface area contributed by atoms with Crippen molar-refractivity contribution in [3.8, 4) is 0 Å². The van der Waals surface area contributed by atoms with Crippen molar-refractivity contribution in [2.75, 3.05) is 0 Å². The van der Waals surface area contributed by atoms with E-state index in [1.54, 1.807) is 0 Å². The van der Waals surface area contributed by atoms with Gasteiger partial charge in [0, 0.05) is 13.0 Å². The summed E-state index contributed by atoms with van der Waals surface area (Å²) in [6, 6.07) is 0. The second-order valence-electron chi connectivity index (χ2n) is 2.86. The first-order valence-electron chi connectivity index (χ1n) is 4.11. The number of aromatic nitrogens is 2. The molecule has 0 aliphatic heterocycles. The first-order chi connectivity index (χ1) is 6.06. The first-order valence-corrected chi connectivity index (χ1v) is 4.90. The number of nitrogens with one attached hydrogen (secondary N) is 1. The molecule has 1 aromatic heterocycles. The fourth-order valence-electron chi connectivity index (χ4n) is 1.22. The smallest absolute Gasteiger partial charge is 0.0966 e. The number of halogens is 1. The number of nitrogens with two attached hydrogens (primary N) is 1. The average Bonchev–Trinajstić information content (AvgIpc) is 2.31. The summed E-state index contributed by atoms with van der Waals surface area (Å²) >= 11 is 3.43. The molecule has 0 aromatic carbocycles. The molecule has 1 heterocycles. The summed E-state index contributed by atoms with van der Waals surface area (Å²) in [5.41, 5.74) is 7.27. The zero-order valence-corrected chi connectivity index (χ0v) is 9.35. The molecule has 0 fully saturated rings. The van der Waals surface area contributed by atoms with E-state index in [2.05, 4.69) is 21.0 Å². The topological polar surface area (TPSA) is 67.7 Å². The molecule has 0 radical (unpaired) electrons. The number of aryl methyl sites for hydroxylation is 2. The zero-order valence-electron chi connectivity index (χ0n) is 7.76. The van der Waals surface area contributed by atoms with Crippen molar-refractivity contribution < 1.29 is 0 Å². The first kappa shape index (κ1) is 10.2. The number of hydrogen-bond donors (Lipinski definition) is 2. The number of amidine groups is 1. The Morgan fingerprint density at radius 1 is 1.69 bits per heavy atom. The highest BCUT2D eigenvalue weighted by molar-refractivity contribution is 9.10. The van der Waals surface area contributed by atoms with Crippen molar-refractivity contribution in [2.24, 2.45) is 5.73 Å². The van der Waals surface area contributed by atoms with Crippen molar-refractivity contribution in [1.82, 2.24) is 9.78 Å². The van der Waals surface area contributed by atoms with Crippen molar-refractivity contribution in [3.63, 3.8) is 0 Å². The molecule has 0 saturated heterocycles. The van der Waals surface area contributed by atoms with Crippen LogP contribution in [-0.2, 0) is 13.0 Å². The van der Waals surface area contributed by atoms with Crippen LogP contribution >= 0.6 is 15.9 Å². The minimum absolute atomic E-state index is 0.162. The highest BCUT2D eigenvalue weighted by Gasteiger charge is 2.12. The molecule has 0 spiro atoms. The molecular formula is C8H13BrN4. The minimum atomic E-state index is 0.162. The third-order valence-electron chi connectivity index (χ3n) is 1.81. The second-order valence-corrected chi connectivity index (χ2v) is 3.66. The fourth-order valence-corrected chi connectivity index (χ4v) is 1.64. The summed E-state index contributed by atoms with van der Waals surface area (Å²) < 4.78 is 2.82. The van der Waals surface area contributed by atoms with Crippen molar-refractivity contribution >= 4 is 21.8 Å². The zero-order chi connectivity index (χ0) is 10.0. The SMILES string of the molecule is CCn1nc(C)c(Br)c1CC(=N)N. The molecule has 0 bridgehead atoms. The van der Waals surface area contributed by atoms with Crippen molar-refractivity contribution in [1.29, 1.82) is 5.41 Å². The Morgan fingerprint density at radius 2 is 2.31 bits per heavy atom. The maximum Gasteiger partial charge on any atom is 0.0966 e. The summed E-state index contributed by atoms with van der Waals surface area (Å²) in [5, 5.41) is 11.5. The van der Waals surface area contributed by atoms with Gasteiger partial charge in [-0.25, -0.2) is 0 Å². The predicted octanol–water partition coefficient (Wildman–Crippen LogP) is 1.45. The van der Waals surface area contributed by atoms with E-state index in [0.717, 1.165) is 22.4 Å². The quantitative estimate of drug-likeness (QED) is 0.625. The molecule has 0 aliphatic rings. The van der Waals surface area contributed by atoms with E-state index in [9.17, 15) is 0 Å². The predicted molar refractivity (Wildman–Crippen MR) is 56.0 cm³/mol. The molecule has 1 aromatic rings. The largest absolute Gasteiger partial charge is 0.387 e. The Bertz CT molecular complexity index is 329. The highest BCUT2D eigenvalue weighted by Crippen LogP contribution is 2.21. The van der Waals surface area contributed by atoms with Gasteiger partial charge >= 0.3 is 0 Å². The van der Waals surface area contributed by atoms with E-state index in [0.29, 0.717) is 6.42 Å². The molecule has 3 N–H and O–H groups in total. The van der Waals surface area contributed by atoms with Crippen LogP contribution in [-0.4, -0.2) is 15.6 Å². The lowest BCUT2D eigenvalue weighted by Crippen LogP contribution is -2.16. The molecule has 0 amide bonds. The van der Waals surface area contributed by atoms with Crippen LogP contribution in [0.4, 0.5) is 0 Å². The molecule has 1 rings (SSSR count). The normalized spacial score (nSPS) is 10.4. The Kier molecular flexibility index (Phi) is 3.08. The van der Waals surface area contributed by atoms with Gasteiger partial charge in [-0.05, 0) is 29.8 Å². The van der Waals surface area contributed by atoms with Gasteiger partial charge in [0.2, 0.25) is 0 Å². The molecule has 13 heavy (non-hydrogen) atoms. The summed E-state index contributed by atoms with van der Waals surface area (Å²) in [5.74, 6) is 0.162. The third-order valence-corrected chi connectivity index (χ3v) is 2.84. The molecule has 4 nitrogen and oxygen atoms in total. The lowest BCUT2D eigenvalue weighted by atomic mass is 10.2. The lowest BCUT2D eigenvalue weighted by molar-refractivity contribution is 0.628. The lowest BCUT2D eigenvalue weighted by Gasteiger charge is -2.03. The summed E-state index contributed by atoms with van der Waals surface area (Å²) in [7, 11) is 0. The van der Waals surface area contributed by atoms with E-state index in [4.69, 9.17) is 11.1 Å². The van der Waals surface area contributed by atoms with E-state index >= 15 is 0 Å². The summed E-state index contributed by atoms with van der Waals surface area (Å²) in [6.45, 7) is 4.75. The van der Waals surface area contributed by atoms with Crippen LogP contribution in [0.2, 0.25) is 0 Å². The number of hydrogen-bond acceptors (Lipinski definition) is 2. The average molecular weight is 245 g/mol. The number of nitrogens with zero attached hydrogens (tertiary/aromatic N) is 2. The van der Waals surface area contributed by atoms with Crippen LogP contribution < -0.4 is 5.73 Å². The van der Waals surface area contributed by atoms with Crippen LogP contribution in [0.5, 0.6) is 0 Å². The van der Waals surface area contributed by atoms with Gasteiger partial charge in [-0.1, -0.05) is 0 Å². The van der Waals surface area contributed by atoms with Crippen molar-refractivity contribution in [3.05, 3.63) is 15.9 Å². The van der Waals surface area contributed by atoms with Crippen LogP contribution in [0.15, 0.2) is 4.47 Å². The van der Waals surface area contributed by atoms with Crippen LogP contribution in [0, 0.1) is 12.3 Å². The molecule has 0 saturated carbocycles.